The highest BCUT2D eigenvalue weighted by Crippen LogP contribution is 2.41. The van der Waals surface area contributed by atoms with Gasteiger partial charge in [-0.25, -0.2) is 8.42 Å². The average Bonchev–Trinajstić information content (AvgIpc) is 2.71. The molecule has 0 aromatic heterocycles. The van der Waals surface area contributed by atoms with E-state index < -0.39 is 10.0 Å². The lowest BCUT2D eigenvalue weighted by Crippen LogP contribution is -2.42. The van der Waals surface area contributed by atoms with Crippen LogP contribution < -0.4 is 9.62 Å². The van der Waals surface area contributed by atoms with Gasteiger partial charge >= 0.3 is 0 Å². The lowest BCUT2D eigenvalue weighted by Gasteiger charge is -2.20. The zero-order valence-corrected chi connectivity index (χ0v) is 14.1. The first-order valence-corrected chi connectivity index (χ1v) is 9.23. The van der Waals surface area contributed by atoms with Crippen molar-refractivity contribution in [2.24, 2.45) is 0 Å². The molecule has 1 unspecified atom stereocenters. The Hall–Kier alpha value is -2.08. The summed E-state index contributed by atoms with van der Waals surface area (Å²) in [6, 6.07) is 10.7. The predicted molar refractivity (Wildman–Crippen MR) is 91.0 cm³/mol. The molecule has 122 valence electrons. The molecule has 1 N–H and O–H groups in total. The Bertz CT molecular complexity index is 856. The van der Waals surface area contributed by atoms with E-state index in [1.165, 1.54) is 4.31 Å². The second-order valence-electron chi connectivity index (χ2n) is 5.90. The smallest absolute Gasteiger partial charge is 0.265 e. The van der Waals surface area contributed by atoms with Crippen LogP contribution in [0.1, 0.15) is 26.7 Å². The Kier molecular flexibility index (Phi) is 4.02. The van der Waals surface area contributed by atoms with E-state index in [2.05, 4.69) is 5.32 Å². The van der Waals surface area contributed by atoms with Gasteiger partial charge in [0.2, 0.25) is 5.91 Å². The second kappa shape index (κ2) is 5.85. The maximum atomic E-state index is 12.8. The summed E-state index contributed by atoms with van der Waals surface area (Å²) >= 11 is 0. The van der Waals surface area contributed by atoms with Gasteiger partial charge in [-0.05, 0) is 30.9 Å². The average molecular weight is 332 g/mol. The van der Waals surface area contributed by atoms with Gasteiger partial charge in [0.05, 0.1) is 10.6 Å². The highest BCUT2D eigenvalue weighted by atomic mass is 32.2. The van der Waals surface area contributed by atoms with Crippen molar-refractivity contribution in [3.63, 3.8) is 0 Å². The lowest BCUT2D eigenvalue weighted by molar-refractivity contribution is -0.120. The Morgan fingerprint density at radius 2 is 1.91 bits per heavy atom. The molecule has 6 heteroatoms. The molecule has 0 saturated heterocycles. The van der Waals surface area contributed by atoms with E-state index in [9.17, 15) is 13.2 Å². The summed E-state index contributed by atoms with van der Waals surface area (Å²) in [5.41, 5.74) is 0.580. The molecule has 1 heterocycles. The maximum Gasteiger partial charge on any atom is 0.265 e. The molecule has 3 rings (SSSR count). The summed E-state index contributed by atoms with van der Waals surface area (Å²) in [6.45, 7) is 3.78. The largest absolute Gasteiger partial charge is 0.352 e. The molecule has 0 saturated carbocycles. The molecular weight excluding hydrogens is 312 g/mol. The van der Waals surface area contributed by atoms with Gasteiger partial charge in [0.25, 0.3) is 10.0 Å². The number of anilines is 1. The molecule has 1 atom stereocenters. The van der Waals surface area contributed by atoms with E-state index in [0.717, 1.165) is 18.2 Å². The van der Waals surface area contributed by atoms with Gasteiger partial charge in [-0.2, -0.15) is 0 Å². The van der Waals surface area contributed by atoms with Crippen LogP contribution in [-0.4, -0.2) is 26.9 Å². The minimum absolute atomic E-state index is 0.0379. The van der Waals surface area contributed by atoms with E-state index in [1.54, 1.807) is 18.2 Å². The number of nitrogens with one attached hydrogen (secondary N) is 1. The monoisotopic (exact) mass is 332 g/mol. The molecule has 1 amide bonds. The standard InChI is InChI=1S/C17H20N2O3S/c1-3-6-12(2)18-16(20)11-19-14-9-4-7-13-8-5-10-15(17(13)14)23(19,21)22/h4-5,7-10,12H,3,6,11H2,1-2H3,(H,18,20). The predicted octanol–water partition coefficient (Wildman–Crippen LogP) is 2.65. The Labute approximate surface area is 136 Å². The molecule has 0 bridgehead atoms. The minimum atomic E-state index is -3.67. The number of hydrogen-bond donors (Lipinski definition) is 1. The van der Waals surface area contributed by atoms with Crippen molar-refractivity contribution >= 4 is 32.4 Å². The zero-order chi connectivity index (χ0) is 16.6. The summed E-state index contributed by atoms with van der Waals surface area (Å²) in [6.07, 6.45) is 1.84. The van der Waals surface area contributed by atoms with Crippen molar-refractivity contribution in [2.45, 2.75) is 37.6 Å². The Morgan fingerprint density at radius 3 is 2.61 bits per heavy atom. The molecule has 0 aliphatic carbocycles. The van der Waals surface area contributed by atoms with Crippen molar-refractivity contribution in [3.8, 4) is 0 Å². The summed E-state index contributed by atoms with van der Waals surface area (Å²) in [5.74, 6) is -0.278. The van der Waals surface area contributed by atoms with Crippen LogP contribution in [0.2, 0.25) is 0 Å². The van der Waals surface area contributed by atoms with Crippen molar-refractivity contribution in [1.82, 2.24) is 5.32 Å². The van der Waals surface area contributed by atoms with Crippen molar-refractivity contribution in [2.75, 3.05) is 10.8 Å². The quantitative estimate of drug-likeness (QED) is 0.915. The van der Waals surface area contributed by atoms with Crippen LogP contribution in [0.4, 0.5) is 5.69 Å². The first kappa shape index (κ1) is 15.8. The molecule has 2 aromatic rings. The SMILES string of the molecule is CCCC(C)NC(=O)CN1c2cccc3cccc(c23)S1(=O)=O. The number of amides is 1. The van der Waals surface area contributed by atoms with Crippen LogP contribution in [0.3, 0.4) is 0 Å². The number of hydrogen-bond acceptors (Lipinski definition) is 3. The van der Waals surface area contributed by atoms with Gasteiger partial charge in [-0.3, -0.25) is 9.10 Å². The van der Waals surface area contributed by atoms with Crippen molar-refractivity contribution in [1.29, 1.82) is 0 Å². The van der Waals surface area contributed by atoms with Crippen molar-refractivity contribution in [3.05, 3.63) is 36.4 Å². The van der Waals surface area contributed by atoms with Gasteiger partial charge in [-0.15, -0.1) is 0 Å². The van der Waals surface area contributed by atoms with Gasteiger partial charge in [0.1, 0.15) is 6.54 Å². The fourth-order valence-corrected chi connectivity index (χ4v) is 4.75. The summed E-state index contributed by atoms with van der Waals surface area (Å²) in [5, 5.41) is 4.42. The number of sulfonamides is 1. The molecule has 1 aliphatic rings. The third kappa shape index (κ3) is 2.67. The number of carbonyl (C=O) groups excluding carboxylic acids is 1. The molecule has 0 spiro atoms. The summed E-state index contributed by atoms with van der Waals surface area (Å²) in [4.78, 5) is 12.5. The molecule has 1 aliphatic heterocycles. The number of benzene rings is 2. The van der Waals surface area contributed by atoms with Crippen LogP contribution in [-0.2, 0) is 14.8 Å². The summed E-state index contributed by atoms with van der Waals surface area (Å²) in [7, 11) is -3.67. The number of nitrogens with zero attached hydrogens (tertiary/aromatic N) is 1. The Morgan fingerprint density at radius 1 is 1.22 bits per heavy atom. The van der Waals surface area contributed by atoms with Crippen LogP contribution in [0.5, 0.6) is 0 Å². The molecule has 5 nitrogen and oxygen atoms in total. The highest BCUT2D eigenvalue weighted by Gasteiger charge is 2.36. The molecule has 0 radical (unpaired) electrons. The van der Waals surface area contributed by atoms with Crippen LogP contribution in [0, 0.1) is 0 Å². The fourth-order valence-electron chi connectivity index (χ4n) is 3.08. The third-order valence-corrected chi connectivity index (χ3v) is 5.90. The fraction of sp³-hybridized carbons (Fsp3) is 0.353. The van der Waals surface area contributed by atoms with Crippen LogP contribution in [0.15, 0.2) is 41.3 Å². The van der Waals surface area contributed by atoms with Gasteiger partial charge < -0.3 is 5.32 Å². The molecule has 0 fully saturated rings. The van der Waals surface area contributed by atoms with Gasteiger partial charge in [0.15, 0.2) is 0 Å². The van der Waals surface area contributed by atoms with E-state index in [-0.39, 0.29) is 23.4 Å². The molecule has 2 aromatic carbocycles. The molecule has 23 heavy (non-hydrogen) atoms. The number of carbonyl (C=O) groups is 1. The van der Waals surface area contributed by atoms with E-state index in [4.69, 9.17) is 0 Å². The van der Waals surface area contributed by atoms with E-state index in [0.29, 0.717) is 11.1 Å². The van der Waals surface area contributed by atoms with Crippen molar-refractivity contribution < 1.29 is 13.2 Å². The van der Waals surface area contributed by atoms with E-state index in [1.807, 2.05) is 32.0 Å². The van der Waals surface area contributed by atoms with Gasteiger partial charge in [-0.1, -0.05) is 37.6 Å². The first-order valence-electron chi connectivity index (χ1n) is 7.79. The second-order valence-corrected chi connectivity index (χ2v) is 7.73. The van der Waals surface area contributed by atoms with Crippen LogP contribution >= 0.6 is 0 Å². The van der Waals surface area contributed by atoms with E-state index >= 15 is 0 Å². The van der Waals surface area contributed by atoms with Gasteiger partial charge in [0, 0.05) is 11.4 Å². The normalized spacial score (nSPS) is 16.5. The number of rotatable bonds is 5. The third-order valence-electron chi connectivity index (χ3n) is 4.10. The zero-order valence-electron chi connectivity index (χ0n) is 13.2. The lowest BCUT2D eigenvalue weighted by atomic mass is 10.1. The maximum absolute atomic E-state index is 12.8. The molecular formula is C17H20N2O3S. The van der Waals surface area contributed by atoms with Crippen LogP contribution in [0.25, 0.3) is 10.8 Å². The Balaban J connectivity index is 1.93. The minimum Gasteiger partial charge on any atom is -0.352 e. The summed E-state index contributed by atoms with van der Waals surface area (Å²) < 4.78 is 26.7. The highest BCUT2D eigenvalue weighted by molar-refractivity contribution is 7.93. The first-order chi connectivity index (χ1) is 10.9. The topological polar surface area (TPSA) is 66.5 Å².